The molecule has 0 aromatic heterocycles. The average molecular weight is 405 g/mol. The Hall–Kier alpha value is -1.52. The number of alkyl halides is 1. The monoisotopic (exact) mass is 404 g/mol. The lowest BCUT2D eigenvalue weighted by Crippen LogP contribution is -2.45. The lowest BCUT2D eigenvalue weighted by molar-refractivity contribution is -0.235. The Morgan fingerprint density at radius 3 is 2.45 bits per heavy atom. The Balaban J connectivity index is 1.65. The number of ether oxygens (including phenoxy) is 2. The number of benzene rings is 1. The standard InChI is InChI=1S/C25H34F2O2/c1-3-6-19-9-11-20(12-10-19)18-29-25(28-15-4-2)14-13-22(17-24(25)27)21-7-5-8-23(26)16-21/h5,7-8,13-14,16-17,19-20,24H,3-4,6,9-12,15,18H2,1-2H3/t19-,20-,24?,25?. The molecule has 2 unspecified atom stereocenters. The van der Waals surface area contributed by atoms with Crippen LogP contribution in [0.2, 0.25) is 0 Å². The molecule has 0 radical (unpaired) electrons. The molecule has 1 saturated carbocycles. The molecule has 29 heavy (non-hydrogen) atoms. The van der Waals surface area contributed by atoms with Gasteiger partial charge in [0.05, 0.1) is 13.2 Å². The van der Waals surface area contributed by atoms with E-state index in [-0.39, 0.29) is 5.82 Å². The first-order valence-electron chi connectivity index (χ1n) is 11.1. The van der Waals surface area contributed by atoms with E-state index in [1.54, 1.807) is 24.3 Å². The zero-order chi connectivity index (χ0) is 20.7. The third kappa shape index (κ3) is 5.76. The summed E-state index contributed by atoms with van der Waals surface area (Å²) in [7, 11) is 0. The molecule has 0 spiro atoms. The van der Waals surface area contributed by atoms with Crippen molar-refractivity contribution < 1.29 is 18.3 Å². The minimum Gasteiger partial charge on any atom is -0.344 e. The summed E-state index contributed by atoms with van der Waals surface area (Å²) in [6, 6.07) is 6.21. The summed E-state index contributed by atoms with van der Waals surface area (Å²) in [4.78, 5) is 0. The second-order valence-electron chi connectivity index (χ2n) is 8.42. The summed E-state index contributed by atoms with van der Waals surface area (Å²) >= 11 is 0. The van der Waals surface area contributed by atoms with E-state index in [1.165, 1.54) is 43.9 Å². The predicted octanol–water partition coefficient (Wildman–Crippen LogP) is 6.86. The van der Waals surface area contributed by atoms with E-state index >= 15 is 4.39 Å². The van der Waals surface area contributed by atoms with Crippen molar-refractivity contribution in [2.45, 2.75) is 70.8 Å². The van der Waals surface area contributed by atoms with E-state index in [0.717, 1.165) is 25.2 Å². The maximum Gasteiger partial charge on any atom is 0.224 e. The van der Waals surface area contributed by atoms with Gasteiger partial charge in [0.15, 0.2) is 6.17 Å². The van der Waals surface area contributed by atoms with Crippen molar-refractivity contribution in [1.29, 1.82) is 0 Å². The van der Waals surface area contributed by atoms with Gasteiger partial charge >= 0.3 is 0 Å². The second-order valence-corrected chi connectivity index (χ2v) is 8.42. The zero-order valence-electron chi connectivity index (χ0n) is 17.7. The minimum absolute atomic E-state index is 0.332. The molecule has 3 rings (SSSR count). The van der Waals surface area contributed by atoms with E-state index in [1.807, 2.05) is 6.92 Å². The normalized spacial score (nSPS) is 29.7. The van der Waals surface area contributed by atoms with Crippen LogP contribution in [0.3, 0.4) is 0 Å². The van der Waals surface area contributed by atoms with Crippen LogP contribution in [-0.2, 0) is 9.47 Å². The molecule has 1 aromatic rings. The van der Waals surface area contributed by atoms with Gasteiger partial charge in [-0.25, -0.2) is 8.78 Å². The summed E-state index contributed by atoms with van der Waals surface area (Å²) in [5.74, 6) is -0.421. The van der Waals surface area contributed by atoms with Crippen LogP contribution in [0.15, 0.2) is 42.5 Å². The molecule has 0 heterocycles. The van der Waals surface area contributed by atoms with Crippen molar-refractivity contribution in [2.75, 3.05) is 13.2 Å². The number of rotatable bonds is 9. The fourth-order valence-electron chi connectivity index (χ4n) is 4.39. The molecule has 2 aliphatic rings. The third-order valence-electron chi connectivity index (χ3n) is 6.10. The molecular formula is C25H34F2O2. The Morgan fingerprint density at radius 1 is 1.03 bits per heavy atom. The molecule has 160 valence electrons. The number of hydrogen-bond donors (Lipinski definition) is 0. The van der Waals surface area contributed by atoms with Gasteiger partial charge in [0.1, 0.15) is 5.82 Å². The van der Waals surface area contributed by atoms with Crippen LogP contribution in [0.25, 0.3) is 5.57 Å². The van der Waals surface area contributed by atoms with Crippen molar-refractivity contribution in [2.24, 2.45) is 11.8 Å². The molecule has 2 aliphatic carbocycles. The summed E-state index contributed by atoms with van der Waals surface area (Å²) in [6.07, 6.45) is 11.6. The van der Waals surface area contributed by atoms with Crippen LogP contribution < -0.4 is 0 Å². The van der Waals surface area contributed by atoms with E-state index in [2.05, 4.69) is 6.92 Å². The fraction of sp³-hybridized carbons (Fsp3) is 0.600. The Kier molecular flexibility index (Phi) is 8.02. The number of halogens is 2. The van der Waals surface area contributed by atoms with Gasteiger partial charge in [-0.2, -0.15) is 0 Å². The second kappa shape index (κ2) is 10.5. The first kappa shape index (κ1) is 22.2. The van der Waals surface area contributed by atoms with Crippen molar-refractivity contribution in [1.82, 2.24) is 0 Å². The Morgan fingerprint density at radius 2 is 1.79 bits per heavy atom. The quantitative estimate of drug-likeness (QED) is 0.418. The van der Waals surface area contributed by atoms with Crippen molar-refractivity contribution in [3.63, 3.8) is 0 Å². The number of hydrogen-bond acceptors (Lipinski definition) is 2. The number of allylic oxidation sites excluding steroid dienone is 2. The highest BCUT2D eigenvalue weighted by Gasteiger charge is 2.41. The smallest absolute Gasteiger partial charge is 0.224 e. The molecule has 0 N–H and O–H groups in total. The van der Waals surface area contributed by atoms with Crippen molar-refractivity contribution >= 4 is 5.57 Å². The third-order valence-corrected chi connectivity index (χ3v) is 6.10. The van der Waals surface area contributed by atoms with Gasteiger partial charge in [0, 0.05) is 0 Å². The van der Waals surface area contributed by atoms with Gasteiger partial charge in [-0.3, -0.25) is 0 Å². The van der Waals surface area contributed by atoms with Gasteiger partial charge in [0.25, 0.3) is 0 Å². The molecule has 0 saturated heterocycles. The molecular weight excluding hydrogens is 370 g/mol. The molecule has 1 aromatic carbocycles. The van der Waals surface area contributed by atoms with Crippen LogP contribution in [0, 0.1) is 17.7 Å². The summed E-state index contributed by atoms with van der Waals surface area (Å²) in [6.45, 7) is 5.18. The summed E-state index contributed by atoms with van der Waals surface area (Å²) in [5.41, 5.74) is 1.30. The molecule has 1 fully saturated rings. The highest BCUT2D eigenvalue weighted by molar-refractivity contribution is 5.76. The average Bonchev–Trinajstić information content (AvgIpc) is 2.73. The Bertz CT molecular complexity index is 707. The first-order valence-corrected chi connectivity index (χ1v) is 11.1. The lowest BCUT2D eigenvalue weighted by Gasteiger charge is -2.37. The highest BCUT2D eigenvalue weighted by atomic mass is 19.1. The summed E-state index contributed by atoms with van der Waals surface area (Å²) < 4.78 is 40.9. The molecule has 4 heteroatoms. The maximum atomic E-state index is 15.3. The van der Waals surface area contributed by atoms with E-state index in [4.69, 9.17) is 9.47 Å². The van der Waals surface area contributed by atoms with Crippen molar-refractivity contribution in [3.8, 4) is 0 Å². The fourth-order valence-corrected chi connectivity index (χ4v) is 4.39. The van der Waals surface area contributed by atoms with Crippen LogP contribution in [0.5, 0.6) is 0 Å². The minimum atomic E-state index is -1.44. The van der Waals surface area contributed by atoms with Gasteiger partial charge in [-0.05, 0) is 66.5 Å². The Labute approximate surface area is 174 Å². The van der Waals surface area contributed by atoms with Gasteiger partial charge in [-0.15, -0.1) is 0 Å². The van der Waals surface area contributed by atoms with E-state index < -0.39 is 12.0 Å². The van der Waals surface area contributed by atoms with Crippen LogP contribution in [0.4, 0.5) is 8.78 Å². The van der Waals surface area contributed by atoms with E-state index in [0.29, 0.717) is 30.3 Å². The highest BCUT2D eigenvalue weighted by Crippen LogP contribution is 2.36. The summed E-state index contributed by atoms with van der Waals surface area (Å²) in [5, 5.41) is 0. The van der Waals surface area contributed by atoms with Gasteiger partial charge in [0.2, 0.25) is 5.79 Å². The van der Waals surface area contributed by atoms with Crippen LogP contribution >= 0.6 is 0 Å². The lowest BCUT2D eigenvalue weighted by atomic mass is 9.80. The topological polar surface area (TPSA) is 18.5 Å². The largest absolute Gasteiger partial charge is 0.344 e. The van der Waals surface area contributed by atoms with Crippen molar-refractivity contribution in [3.05, 3.63) is 53.9 Å². The van der Waals surface area contributed by atoms with Crippen LogP contribution in [0.1, 0.15) is 64.4 Å². The molecule has 2 atom stereocenters. The SMILES string of the molecule is CCCOC1(OC[C@H]2CC[C@H](CCC)CC2)C=CC(c2cccc(F)c2)=CC1F. The maximum absolute atomic E-state index is 15.3. The van der Waals surface area contributed by atoms with E-state index in [9.17, 15) is 4.39 Å². The zero-order valence-corrected chi connectivity index (χ0v) is 17.7. The molecule has 0 aliphatic heterocycles. The van der Waals surface area contributed by atoms with Gasteiger partial charge in [-0.1, -0.05) is 57.7 Å². The molecule has 2 nitrogen and oxygen atoms in total. The van der Waals surface area contributed by atoms with Gasteiger partial charge < -0.3 is 9.47 Å². The molecule has 0 bridgehead atoms. The predicted molar refractivity (Wildman–Crippen MR) is 114 cm³/mol. The molecule has 0 amide bonds. The van der Waals surface area contributed by atoms with Crippen LogP contribution in [-0.4, -0.2) is 25.2 Å². The first-order chi connectivity index (χ1) is 14.1.